The van der Waals surface area contributed by atoms with Crippen molar-refractivity contribution in [1.82, 2.24) is 9.97 Å². The normalized spacial score (nSPS) is 21.1. The van der Waals surface area contributed by atoms with Crippen LogP contribution in [0.5, 0.6) is 0 Å². The third kappa shape index (κ3) is 4.20. The number of aromatic nitrogens is 2. The van der Waals surface area contributed by atoms with Crippen molar-refractivity contribution >= 4 is 43.5 Å². The maximum Gasteiger partial charge on any atom is -0.147 e. The number of nitrogens with zero attached hydrogens (tertiary/aromatic N) is 2. The second-order valence-corrected chi connectivity index (χ2v) is 13.3. The maximum atomic E-state index is 4.76. The summed E-state index contributed by atoms with van der Waals surface area (Å²) < 4.78 is 3.08. The molecule has 0 amide bonds. The maximum absolute atomic E-state index is 4.76. The molecule has 5 heteroatoms. The fourth-order valence-electron chi connectivity index (χ4n) is 5.82. The summed E-state index contributed by atoms with van der Waals surface area (Å²) in [4.78, 5) is 9.51. The summed E-state index contributed by atoms with van der Waals surface area (Å²) in [6.45, 7) is 9.17. The van der Waals surface area contributed by atoms with Crippen LogP contribution in [0.2, 0.25) is 0 Å². The molecule has 0 saturated carbocycles. The van der Waals surface area contributed by atoms with Gasteiger partial charge in [-0.1, -0.05) is 0 Å². The Labute approximate surface area is 243 Å². The molecule has 2 aromatic heterocycles. The van der Waals surface area contributed by atoms with Crippen LogP contribution in [0.3, 0.4) is 0 Å². The van der Waals surface area contributed by atoms with Crippen LogP contribution in [0.25, 0.3) is 12.2 Å². The Bertz CT molecular complexity index is 1400. The topological polar surface area (TPSA) is 25.8 Å². The SMILES string of the molecule is CC1=Cc2[c]([Zr][c]3cccc4c3C=C(C)C4(C)c3ccccn3)cccc2C1(C)c1ccccn1.Cl.Cl. The molecule has 0 spiro atoms. The van der Waals surface area contributed by atoms with Crippen LogP contribution in [0.1, 0.15) is 61.3 Å². The van der Waals surface area contributed by atoms with E-state index in [0.717, 1.165) is 11.4 Å². The van der Waals surface area contributed by atoms with Crippen LogP contribution in [0.15, 0.2) is 96.3 Å². The zero-order valence-corrected chi connectivity index (χ0v) is 25.5. The fourth-order valence-corrected chi connectivity index (χ4v) is 9.09. The minimum atomic E-state index is -1.07. The molecule has 0 fully saturated rings. The standard InChI is InChI=1S/2C16H14N.2ClH.Zr/c2*1-12-11-13-7-3-4-8-14(13)16(12,2)15-9-5-6-10-17-15;;;/h2*3-6,8-11H,1-2H3;2*1H;. The number of hydrogen-bond donors (Lipinski definition) is 0. The van der Waals surface area contributed by atoms with Crippen LogP contribution in [-0.2, 0) is 34.1 Å². The molecule has 2 aliphatic carbocycles. The third-order valence-corrected chi connectivity index (χ3v) is 11.7. The Kier molecular flexibility index (Phi) is 7.82. The van der Waals surface area contributed by atoms with Crippen molar-refractivity contribution < 1.29 is 23.2 Å². The van der Waals surface area contributed by atoms with Crippen molar-refractivity contribution in [3.8, 4) is 0 Å². The van der Waals surface area contributed by atoms with Gasteiger partial charge in [-0.2, -0.15) is 0 Å². The van der Waals surface area contributed by atoms with Crippen LogP contribution in [0, 0.1) is 0 Å². The van der Waals surface area contributed by atoms with Gasteiger partial charge in [0.15, 0.2) is 0 Å². The molecule has 0 N–H and O–H groups in total. The summed E-state index contributed by atoms with van der Waals surface area (Å²) in [5.74, 6) is 0. The van der Waals surface area contributed by atoms with Gasteiger partial charge in [-0.3, -0.25) is 0 Å². The van der Waals surface area contributed by atoms with E-state index in [2.05, 4.69) is 101 Å². The Balaban J connectivity index is 0.00000160. The minimum absolute atomic E-state index is 0. The van der Waals surface area contributed by atoms with Crippen molar-refractivity contribution in [3.63, 3.8) is 0 Å². The van der Waals surface area contributed by atoms with Gasteiger partial charge in [0.05, 0.1) is 0 Å². The van der Waals surface area contributed by atoms with Crippen molar-refractivity contribution in [2.45, 2.75) is 38.5 Å². The van der Waals surface area contributed by atoms with Crippen molar-refractivity contribution in [1.29, 1.82) is 0 Å². The first-order chi connectivity index (χ1) is 16.9. The van der Waals surface area contributed by atoms with Crippen molar-refractivity contribution in [3.05, 3.63) is 130 Å². The molecule has 2 nitrogen and oxygen atoms in total. The van der Waals surface area contributed by atoms with Gasteiger partial charge in [-0.25, -0.2) is 0 Å². The monoisotopic (exact) mass is 602 g/mol. The molecule has 2 unspecified atom stereocenters. The van der Waals surface area contributed by atoms with Crippen molar-refractivity contribution in [2.24, 2.45) is 0 Å². The minimum Gasteiger partial charge on any atom is -0.147 e. The molecule has 2 atom stereocenters. The van der Waals surface area contributed by atoms with Crippen LogP contribution in [-0.4, -0.2) is 9.97 Å². The molecular weight excluding hydrogens is 574 g/mol. The summed E-state index contributed by atoms with van der Waals surface area (Å²) in [6.07, 6.45) is 8.66. The van der Waals surface area contributed by atoms with Gasteiger partial charge < -0.3 is 0 Å². The molecule has 186 valence electrons. The van der Waals surface area contributed by atoms with Gasteiger partial charge in [0.1, 0.15) is 0 Å². The summed E-state index contributed by atoms with van der Waals surface area (Å²) >= 11 is -1.07. The van der Waals surface area contributed by atoms with Gasteiger partial charge >= 0.3 is 220 Å². The average Bonchev–Trinajstić information content (AvgIpc) is 3.32. The number of pyridine rings is 2. The Morgan fingerprint density at radius 2 is 1.00 bits per heavy atom. The first-order valence-corrected chi connectivity index (χ1v) is 14.6. The van der Waals surface area contributed by atoms with Gasteiger partial charge in [0, 0.05) is 0 Å². The summed E-state index contributed by atoms with van der Waals surface area (Å²) in [6, 6.07) is 26.4. The zero-order valence-electron chi connectivity index (χ0n) is 21.4. The average molecular weight is 605 g/mol. The fraction of sp³-hybridized carbons (Fsp3) is 0.188. The molecule has 2 heterocycles. The smallest absolute Gasteiger partial charge is 0.147 e. The third-order valence-electron chi connectivity index (χ3n) is 8.21. The Morgan fingerprint density at radius 1 is 0.568 bits per heavy atom. The second kappa shape index (κ2) is 10.4. The van der Waals surface area contributed by atoms with Gasteiger partial charge in [-0.05, 0) is 0 Å². The molecule has 37 heavy (non-hydrogen) atoms. The number of allylic oxidation sites excluding steroid dienone is 2. The predicted molar refractivity (Wildman–Crippen MR) is 155 cm³/mol. The number of benzene rings is 2. The molecule has 4 aromatic rings. The van der Waals surface area contributed by atoms with Crippen LogP contribution in [0.4, 0.5) is 0 Å². The molecular formula is C32H30Cl2N2Zr. The molecule has 0 bridgehead atoms. The number of hydrogen-bond acceptors (Lipinski definition) is 2. The van der Waals surface area contributed by atoms with E-state index < -0.39 is 23.2 Å². The van der Waals surface area contributed by atoms with Crippen LogP contribution < -0.4 is 6.54 Å². The molecule has 0 radical (unpaired) electrons. The quantitative estimate of drug-likeness (QED) is 0.256. The van der Waals surface area contributed by atoms with E-state index in [-0.39, 0.29) is 35.6 Å². The first-order valence-electron chi connectivity index (χ1n) is 12.2. The molecule has 0 aliphatic heterocycles. The van der Waals surface area contributed by atoms with E-state index in [9.17, 15) is 0 Å². The number of halogens is 2. The largest absolute Gasteiger partial charge is 0.147 e. The summed E-state index contributed by atoms with van der Waals surface area (Å²) in [5.41, 5.74) is 10.3. The predicted octanol–water partition coefficient (Wildman–Crippen LogP) is 6.80. The first kappa shape index (κ1) is 27.7. The number of rotatable bonds is 4. The van der Waals surface area contributed by atoms with Gasteiger partial charge in [0.25, 0.3) is 0 Å². The van der Waals surface area contributed by atoms with Gasteiger partial charge in [-0.15, -0.1) is 24.8 Å². The number of fused-ring (bicyclic) bond motifs is 2. The molecule has 2 aromatic carbocycles. The Hall–Kier alpha value is -2.32. The van der Waals surface area contributed by atoms with Crippen LogP contribution >= 0.6 is 24.8 Å². The van der Waals surface area contributed by atoms with E-state index in [0.29, 0.717) is 0 Å². The summed E-state index contributed by atoms with van der Waals surface area (Å²) in [5, 5.41) is 0. The van der Waals surface area contributed by atoms with E-state index in [4.69, 9.17) is 9.97 Å². The molecule has 6 rings (SSSR count). The molecule has 2 aliphatic rings. The van der Waals surface area contributed by atoms with E-state index in [1.165, 1.54) is 39.9 Å². The second-order valence-electron chi connectivity index (χ2n) is 9.99. The van der Waals surface area contributed by atoms with E-state index >= 15 is 0 Å². The van der Waals surface area contributed by atoms with Gasteiger partial charge in [0.2, 0.25) is 0 Å². The van der Waals surface area contributed by atoms with E-state index in [1.807, 2.05) is 24.5 Å². The summed E-state index contributed by atoms with van der Waals surface area (Å²) in [7, 11) is 0. The molecule has 0 saturated heterocycles. The van der Waals surface area contributed by atoms with Crippen molar-refractivity contribution in [2.75, 3.05) is 0 Å². The Morgan fingerprint density at radius 3 is 1.38 bits per heavy atom. The van der Waals surface area contributed by atoms with E-state index in [1.54, 1.807) is 0 Å². The zero-order chi connectivity index (χ0) is 24.2.